The molecule has 0 heterocycles. The smallest absolute Gasteiger partial charge is 0.202 e. The van der Waals surface area contributed by atoms with Gasteiger partial charge in [-0.15, -0.1) is 0 Å². The molecule has 0 saturated heterocycles. The predicted octanol–water partition coefficient (Wildman–Crippen LogP) is 3.98. The zero-order chi connectivity index (χ0) is 19.3. The summed E-state index contributed by atoms with van der Waals surface area (Å²) in [6, 6.07) is 11.8. The number of anilines is 2. The lowest BCUT2D eigenvalue weighted by Gasteiger charge is -2.21. The largest absolute Gasteiger partial charge is 0.507 e. The second-order valence-electron chi connectivity index (χ2n) is 6.03. The molecule has 0 bridgehead atoms. The quantitative estimate of drug-likeness (QED) is 0.309. The van der Waals surface area contributed by atoms with E-state index in [0.29, 0.717) is 10.7 Å². The Labute approximate surface area is 158 Å². The van der Waals surface area contributed by atoms with Crippen LogP contribution in [0.25, 0.3) is 0 Å². The number of hydrogen-bond acceptors (Lipinski definition) is 6. The third kappa shape index (κ3) is 2.58. The van der Waals surface area contributed by atoms with Crippen molar-refractivity contribution in [1.29, 1.82) is 0 Å². The van der Waals surface area contributed by atoms with Crippen molar-refractivity contribution >= 4 is 34.5 Å². The number of fused-ring (bicyclic) bond motifs is 2. The summed E-state index contributed by atoms with van der Waals surface area (Å²) in [6.45, 7) is 0. The molecule has 1 aliphatic carbocycles. The van der Waals surface area contributed by atoms with E-state index in [2.05, 4.69) is 5.32 Å². The molecule has 0 radical (unpaired) electrons. The number of aromatic hydroxyl groups is 3. The first kappa shape index (κ1) is 16.9. The van der Waals surface area contributed by atoms with Crippen molar-refractivity contribution in [3.05, 3.63) is 75.8 Å². The summed E-state index contributed by atoms with van der Waals surface area (Å²) in [6.07, 6.45) is 0. The number of phenols is 3. The summed E-state index contributed by atoms with van der Waals surface area (Å²) in [5.74, 6) is -2.67. The van der Waals surface area contributed by atoms with Gasteiger partial charge in [0.2, 0.25) is 5.78 Å². The Hall–Kier alpha value is -3.51. The van der Waals surface area contributed by atoms with Gasteiger partial charge in [-0.2, -0.15) is 0 Å². The first-order valence-corrected chi connectivity index (χ1v) is 8.29. The number of rotatable bonds is 2. The van der Waals surface area contributed by atoms with Crippen molar-refractivity contribution < 1.29 is 24.9 Å². The van der Waals surface area contributed by atoms with Crippen molar-refractivity contribution in [2.75, 3.05) is 5.32 Å². The fraction of sp³-hybridized carbons (Fsp3) is 0. The van der Waals surface area contributed by atoms with Gasteiger partial charge in [0, 0.05) is 16.3 Å². The maximum Gasteiger partial charge on any atom is 0.202 e. The van der Waals surface area contributed by atoms with E-state index in [4.69, 9.17) is 11.6 Å². The van der Waals surface area contributed by atoms with Gasteiger partial charge in [0.25, 0.3) is 0 Å². The van der Waals surface area contributed by atoms with Gasteiger partial charge in [-0.3, -0.25) is 9.59 Å². The molecular formula is C20H12ClNO5. The molecule has 0 amide bonds. The van der Waals surface area contributed by atoms with E-state index < -0.39 is 28.8 Å². The molecule has 0 atom stereocenters. The van der Waals surface area contributed by atoms with Crippen LogP contribution in [0.1, 0.15) is 31.8 Å². The number of phenolic OH excluding ortho intramolecular Hbond substituents is 3. The Morgan fingerprint density at radius 2 is 1.30 bits per heavy atom. The van der Waals surface area contributed by atoms with Gasteiger partial charge in [-0.25, -0.2) is 0 Å². The standard InChI is InChI=1S/C20H12ClNO5/c21-9-1-3-10(4-2-9)22-12-6-5-11-15(19(12)26)20(27)17-14(24)8-7-13(23)16(17)18(11)25/h1-8,22-24,26H. The summed E-state index contributed by atoms with van der Waals surface area (Å²) in [7, 11) is 0. The van der Waals surface area contributed by atoms with Crippen molar-refractivity contribution in [3.8, 4) is 17.2 Å². The van der Waals surface area contributed by atoms with Gasteiger partial charge < -0.3 is 20.6 Å². The van der Waals surface area contributed by atoms with Gasteiger partial charge in [0.05, 0.1) is 22.4 Å². The molecule has 0 aromatic heterocycles. The van der Waals surface area contributed by atoms with Gasteiger partial charge in [0.15, 0.2) is 11.5 Å². The van der Waals surface area contributed by atoms with Crippen molar-refractivity contribution in [3.63, 3.8) is 0 Å². The van der Waals surface area contributed by atoms with Crippen LogP contribution in [0.4, 0.5) is 11.4 Å². The highest BCUT2D eigenvalue weighted by atomic mass is 35.5. The molecular weight excluding hydrogens is 370 g/mol. The minimum Gasteiger partial charge on any atom is -0.507 e. The van der Waals surface area contributed by atoms with E-state index >= 15 is 0 Å². The Morgan fingerprint density at radius 3 is 1.93 bits per heavy atom. The van der Waals surface area contributed by atoms with Crippen LogP contribution >= 0.6 is 11.6 Å². The average Bonchev–Trinajstić information content (AvgIpc) is 2.65. The number of halogens is 1. The van der Waals surface area contributed by atoms with E-state index in [1.807, 2.05) is 0 Å². The zero-order valence-electron chi connectivity index (χ0n) is 13.7. The zero-order valence-corrected chi connectivity index (χ0v) is 14.4. The normalized spacial score (nSPS) is 12.5. The number of nitrogens with one attached hydrogen (secondary N) is 1. The fourth-order valence-corrected chi connectivity index (χ4v) is 3.23. The number of hydrogen-bond donors (Lipinski definition) is 4. The van der Waals surface area contributed by atoms with E-state index in [0.717, 1.165) is 12.1 Å². The maximum absolute atomic E-state index is 12.9. The Bertz CT molecular complexity index is 1120. The fourth-order valence-electron chi connectivity index (χ4n) is 3.10. The molecule has 3 aromatic rings. The molecule has 0 saturated carbocycles. The highest BCUT2D eigenvalue weighted by Gasteiger charge is 2.37. The van der Waals surface area contributed by atoms with Crippen LogP contribution in [0.3, 0.4) is 0 Å². The molecule has 7 heteroatoms. The third-order valence-corrected chi connectivity index (χ3v) is 4.64. The van der Waals surface area contributed by atoms with Crippen LogP contribution in [0.15, 0.2) is 48.5 Å². The van der Waals surface area contributed by atoms with Crippen LogP contribution in [-0.2, 0) is 0 Å². The summed E-state index contributed by atoms with van der Waals surface area (Å²) >= 11 is 5.85. The number of benzene rings is 3. The van der Waals surface area contributed by atoms with Crippen LogP contribution in [0, 0.1) is 0 Å². The first-order valence-electron chi connectivity index (χ1n) is 7.91. The summed E-state index contributed by atoms with van der Waals surface area (Å²) in [4.78, 5) is 25.6. The lowest BCUT2D eigenvalue weighted by Crippen LogP contribution is -2.21. The molecule has 1 aliphatic rings. The Balaban J connectivity index is 1.85. The minimum absolute atomic E-state index is 0.0486. The SMILES string of the molecule is O=C1c2ccc(Nc3ccc(Cl)cc3)c(O)c2C(=O)c2c(O)ccc(O)c21. The highest BCUT2D eigenvalue weighted by molar-refractivity contribution is 6.31. The minimum atomic E-state index is -0.745. The molecule has 0 aliphatic heterocycles. The molecule has 6 nitrogen and oxygen atoms in total. The first-order chi connectivity index (χ1) is 12.9. The Kier molecular flexibility index (Phi) is 3.78. The van der Waals surface area contributed by atoms with Gasteiger partial charge in [-0.1, -0.05) is 11.6 Å². The van der Waals surface area contributed by atoms with Crippen molar-refractivity contribution in [2.24, 2.45) is 0 Å². The molecule has 3 aromatic carbocycles. The second kappa shape index (κ2) is 6.03. The predicted molar refractivity (Wildman–Crippen MR) is 99.5 cm³/mol. The topological polar surface area (TPSA) is 107 Å². The molecule has 134 valence electrons. The highest BCUT2D eigenvalue weighted by Crippen LogP contribution is 2.43. The summed E-state index contributed by atoms with van der Waals surface area (Å²) in [5.41, 5.74) is -0.0536. The van der Waals surface area contributed by atoms with E-state index in [1.54, 1.807) is 24.3 Å². The lowest BCUT2D eigenvalue weighted by molar-refractivity contribution is 0.0972. The second-order valence-corrected chi connectivity index (χ2v) is 6.46. The van der Waals surface area contributed by atoms with Crippen LogP contribution in [0.5, 0.6) is 17.2 Å². The molecule has 0 unspecified atom stereocenters. The third-order valence-electron chi connectivity index (χ3n) is 4.39. The van der Waals surface area contributed by atoms with E-state index in [9.17, 15) is 24.9 Å². The van der Waals surface area contributed by atoms with Crippen LogP contribution in [-0.4, -0.2) is 26.9 Å². The molecule has 0 fully saturated rings. The average molecular weight is 382 g/mol. The van der Waals surface area contributed by atoms with Crippen LogP contribution < -0.4 is 5.32 Å². The van der Waals surface area contributed by atoms with Crippen molar-refractivity contribution in [1.82, 2.24) is 0 Å². The van der Waals surface area contributed by atoms with E-state index in [1.165, 1.54) is 12.1 Å². The van der Waals surface area contributed by atoms with Gasteiger partial charge in [0.1, 0.15) is 11.5 Å². The lowest BCUT2D eigenvalue weighted by atomic mass is 9.82. The summed E-state index contributed by atoms with van der Waals surface area (Å²) in [5, 5.41) is 34.1. The molecule has 4 N–H and O–H groups in total. The molecule has 0 spiro atoms. The van der Waals surface area contributed by atoms with Crippen LogP contribution in [0.2, 0.25) is 5.02 Å². The molecule has 27 heavy (non-hydrogen) atoms. The number of carbonyl (C=O) groups excluding carboxylic acids is 2. The van der Waals surface area contributed by atoms with Gasteiger partial charge in [-0.05, 0) is 48.5 Å². The van der Waals surface area contributed by atoms with E-state index in [-0.39, 0.29) is 27.9 Å². The monoisotopic (exact) mass is 381 g/mol. The van der Waals surface area contributed by atoms with Crippen molar-refractivity contribution in [2.45, 2.75) is 0 Å². The molecule has 4 rings (SSSR count). The number of carbonyl (C=O) groups is 2. The van der Waals surface area contributed by atoms with Gasteiger partial charge >= 0.3 is 0 Å². The summed E-state index contributed by atoms with van der Waals surface area (Å²) < 4.78 is 0. The Morgan fingerprint density at radius 1 is 0.704 bits per heavy atom. The number of ketones is 2. The maximum atomic E-state index is 12.9.